The van der Waals surface area contributed by atoms with Crippen LogP contribution in [0.2, 0.25) is 0 Å². The Kier molecular flexibility index (Phi) is 2.38. The van der Waals surface area contributed by atoms with Crippen molar-refractivity contribution in [1.29, 1.82) is 5.26 Å². The minimum atomic E-state index is -0.403. The minimum absolute atomic E-state index is 0.197. The van der Waals surface area contributed by atoms with Crippen molar-refractivity contribution in [2.45, 2.75) is 6.42 Å². The molecule has 84 valence electrons. The van der Waals surface area contributed by atoms with E-state index < -0.39 is 11.8 Å². The van der Waals surface area contributed by atoms with E-state index in [1.807, 2.05) is 0 Å². The summed E-state index contributed by atoms with van der Waals surface area (Å²) in [5.41, 5.74) is 0. The van der Waals surface area contributed by atoms with Crippen LogP contribution in [-0.4, -0.2) is 47.7 Å². The molecule has 0 aromatic carbocycles. The standard InChI is InChI=1S/C10H11N3O3/c1-12-9(15)6-4-13(8(14)2-3-11)5-7(6)10(12)16/h6-7H,2,4-5H2,1H3/t6-,7-/m1/s1. The maximum absolute atomic E-state index is 11.6. The lowest BCUT2D eigenvalue weighted by molar-refractivity contribution is -0.139. The van der Waals surface area contributed by atoms with Crippen LogP contribution >= 0.6 is 0 Å². The van der Waals surface area contributed by atoms with Crippen molar-refractivity contribution < 1.29 is 14.4 Å². The summed E-state index contributed by atoms with van der Waals surface area (Å²) in [6, 6.07) is 1.77. The van der Waals surface area contributed by atoms with Crippen LogP contribution < -0.4 is 0 Å². The predicted octanol–water partition coefficient (Wildman–Crippen LogP) is -1.03. The second kappa shape index (κ2) is 3.59. The maximum atomic E-state index is 11.6. The fourth-order valence-corrected chi connectivity index (χ4v) is 2.29. The zero-order valence-electron chi connectivity index (χ0n) is 8.84. The van der Waals surface area contributed by atoms with E-state index in [1.54, 1.807) is 6.07 Å². The van der Waals surface area contributed by atoms with Crippen LogP contribution in [0.4, 0.5) is 0 Å². The van der Waals surface area contributed by atoms with Crippen molar-refractivity contribution in [2.24, 2.45) is 11.8 Å². The molecule has 0 aliphatic carbocycles. The number of nitriles is 1. The molecule has 2 aliphatic rings. The summed E-state index contributed by atoms with van der Waals surface area (Å²) in [5, 5.41) is 8.41. The number of hydrogen-bond donors (Lipinski definition) is 0. The summed E-state index contributed by atoms with van der Waals surface area (Å²) < 4.78 is 0. The number of amides is 3. The Morgan fingerprint density at radius 1 is 1.38 bits per heavy atom. The van der Waals surface area contributed by atoms with Crippen LogP contribution in [0, 0.1) is 23.2 Å². The monoisotopic (exact) mass is 221 g/mol. The Balaban J connectivity index is 2.11. The van der Waals surface area contributed by atoms with Crippen LogP contribution in [0.15, 0.2) is 0 Å². The van der Waals surface area contributed by atoms with Crippen molar-refractivity contribution in [2.75, 3.05) is 20.1 Å². The zero-order chi connectivity index (χ0) is 11.9. The molecule has 0 unspecified atom stereocenters. The van der Waals surface area contributed by atoms with Crippen LogP contribution in [0.25, 0.3) is 0 Å². The number of imide groups is 1. The van der Waals surface area contributed by atoms with E-state index >= 15 is 0 Å². The molecule has 2 atom stereocenters. The number of carbonyl (C=O) groups excluding carboxylic acids is 3. The van der Waals surface area contributed by atoms with Gasteiger partial charge in [-0.2, -0.15) is 5.26 Å². The van der Waals surface area contributed by atoms with Gasteiger partial charge in [0.2, 0.25) is 17.7 Å². The quantitative estimate of drug-likeness (QED) is 0.530. The molecule has 2 aliphatic heterocycles. The lowest BCUT2D eigenvalue weighted by Gasteiger charge is -2.17. The highest BCUT2D eigenvalue weighted by Crippen LogP contribution is 2.32. The first-order valence-electron chi connectivity index (χ1n) is 5.02. The van der Waals surface area contributed by atoms with E-state index in [0.717, 1.165) is 4.90 Å². The van der Waals surface area contributed by atoms with Crippen molar-refractivity contribution in [3.8, 4) is 6.07 Å². The third kappa shape index (κ3) is 1.36. The lowest BCUT2D eigenvalue weighted by Crippen LogP contribution is -2.35. The third-order valence-corrected chi connectivity index (χ3v) is 3.20. The second-order valence-corrected chi connectivity index (χ2v) is 4.08. The zero-order valence-corrected chi connectivity index (χ0v) is 8.84. The van der Waals surface area contributed by atoms with Gasteiger partial charge in [0, 0.05) is 20.1 Å². The van der Waals surface area contributed by atoms with Crippen LogP contribution in [0.1, 0.15) is 6.42 Å². The van der Waals surface area contributed by atoms with Crippen LogP contribution in [0.5, 0.6) is 0 Å². The number of fused-ring (bicyclic) bond motifs is 1. The fraction of sp³-hybridized carbons (Fsp3) is 0.600. The molecule has 2 heterocycles. The van der Waals surface area contributed by atoms with Crippen molar-refractivity contribution in [3.63, 3.8) is 0 Å². The Morgan fingerprint density at radius 2 is 1.88 bits per heavy atom. The van der Waals surface area contributed by atoms with Gasteiger partial charge in [-0.15, -0.1) is 0 Å². The molecule has 3 amide bonds. The van der Waals surface area contributed by atoms with Gasteiger partial charge in [0.1, 0.15) is 6.42 Å². The van der Waals surface area contributed by atoms with E-state index in [2.05, 4.69) is 0 Å². The van der Waals surface area contributed by atoms with Gasteiger partial charge in [-0.05, 0) is 0 Å². The molecule has 0 saturated carbocycles. The van der Waals surface area contributed by atoms with Crippen LogP contribution in [-0.2, 0) is 14.4 Å². The number of hydrogen-bond acceptors (Lipinski definition) is 4. The molecular weight excluding hydrogens is 210 g/mol. The smallest absolute Gasteiger partial charge is 0.236 e. The van der Waals surface area contributed by atoms with Gasteiger partial charge in [-0.25, -0.2) is 0 Å². The first kappa shape index (κ1) is 10.6. The van der Waals surface area contributed by atoms with Crippen LogP contribution in [0.3, 0.4) is 0 Å². The summed E-state index contributed by atoms with van der Waals surface area (Å²) >= 11 is 0. The summed E-state index contributed by atoms with van der Waals surface area (Å²) in [4.78, 5) is 37.2. The summed E-state index contributed by atoms with van der Waals surface area (Å²) in [6.45, 7) is 0.528. The SMILES string of the molecule is CN1C(=O)[C@@H]2CN(C(=O)CC#N)C[C@H]2C1=O. The second-order valence-electron chi connectivity index (χ2n) is 4.08. The average molecular weight is 221 g/mol. The molecule has 0 aromatic heterocycles. The number of carbonyl (C=O) groups is 3. The van der Waals surface area contributed by atoms with E-state index in [4.69, 9.17) is 5.26 Å². The highest BCUT2D eigenvalue weighted by Gasteiger charge is 2.51. The van der Waals surface area contributed by atoms with E-state index in [1.165, 1.54) is 11.9 Å². The Bertz CT molecular complexity index is 388. The average Bonchev–Trinajstić information content (AvgIpc) is 2.77. The highest BCUT2D eigenvalue weighted by atomic mass is 16.2. The summed E-state index contributed by atoms with van der Waals surface area (Å²) in [7, 11) is 1.46. The first-order chi connectivity index (χ1) is 7.56. The van der Waals surface area contributed by atoms with Gasteiger partial charge in [-0.3, -0.25) is 19.3 Å². The third-order valence-electron chi connectivity index (χ3n) is 3.20. The molecule has 2 fully saturated rings. The molecule has 2 rings (SSSR count). The van der Waals surface area contributed by atoms with E-state index in [9.17, 15) is 14.4 Å². The molecule has 0 N–H and O–H groups in total. The lowest BCUT2D eigenvalue weighted by atomic mass is 10.00. The summed E-state index contributed by atoms with van der Waals surface area (Å²) in [5.74, 6) is -1.55. The van der Waals surface area contributed by atoms with Gasteiger partial charge in [0.05, 0.1) is 17.9 Å². The van der Waals surface area contributed by atoms with E-state index in [-0.39, 0.29) is 37.2 Å². The molecule has 6 heteroatoms. The molecule has 0 spiro atoms. The molecule has 0 bridgehead atoms. The van der Waals surface area contributed by atoms with Gasteiger partial charge in [0.25, 0.3) is 0 Å². The van der Waals surface area contributed by atoms with Gasteiger partial charge in [0.15, 0.2) is 0 Å². The minimum Gasteiger partial charge on any atom is -0.340 e. The number of rotatable bonds is 1. The van der Waals surface area contributed by atoms with Gasteiger partial charge in [-0.1, -0.05) is 0 Å². The van der Waals surface area contributed by atoms with Crippen molar-refractivity contribution in [1.82, 2.24) is 9.80 Å². The normalized spacial score (nSPS) is 28.2. The fourth-order valence-electron chi connectivity index (χ4n) is 2.29. The molecule has 6 nitrogen and oxygen atoms in total. The highest BCUT2D eigenvalue weighted by molar-refractivity contribution is 6.06. The number of nitrogens with zero attached hydrogens (tertiary/aromatic N) is 3. The predicted molar refractivity (Wildman–Crippen MR) is 51.6 cm³/mol. The van der Waals surface area contributed by atoms with Gasteiger partial charge < -0.3 is 4.90 Å². The molecule has 0 aromatic rings. The first-order valence-corrected chi connectivity index (χ1v) is 5.02. The summed E-state index contributed by atoms with van der Waals surface area (Å²) in [6.07, 6.45) is -0.197. The maximum Gasteiger partial charge on any atom is 0.236 e. The largest absolute Gasteiger partial charge is 0.340 e. The van der Waals surface area contributed by atoms with E-state index in [0.29, 0.717) is 0 Å². The Morgan fingerprint density at radius 3 is 2.31 bits per heavy atom. The Labute approximate surface area is 92.4 Å². The Hall–Kier alpha value is -1.90. The molecule has 2 saturated heterocycles. The molecule has 16 heavy (non-hydrogen) atoms. The van der Waals surface area contributed by atoms with Crippen molar-refractivity contribution in [3.05, 3.63) is 0 Å². The van der Waals surface area contributed by atoms with Gasteiger partial charge >= 0.3 is 0 Å². The molecule has 0 radical (unpaired) electrons. The number of likely N-dealkylation sites (tertiary alicyclic amines) is 2. The topological polar surface area (TPSA) is 81.5 Å². The van der Waals surface area contributed by atoms with Crippen molar-refractivity contribution >= 4 is 17.7 Å². The molecular formula is C10H11N3O3.